The molecule has 0 saturated heterocycles. The van der Waals surface area contributed by atoms with Crippen LogP contribution in [0.1, 0.15) is 0 Å². The van der Waals surface area contributed by atoms with E-state index in [1.54, 1.807) is 30.3 Å². The van der Waals surface area contributed by atoms with E-state index in [1.807, 2.05) is 0 Å². The molecule has 1 amide bonds. The third-order valence-corrected chi connectivity index (χ3v) is 3.34. The van der Waals surface area contributed by atoms with E-state index < -0.39 is 29.0 Å². The lowest BCUT2D eigenvalue weighted by molar-refractivity contribution is 0.245. The molecule has 0 aliphatic heterocycles. The third kappa shape index (κ3) is 2.56. The summed E-state index contributed by atoms with van der Waals surface area (Å²) in [7, 11) is 1.44. The number of nitrogens with zero attached hydrogens (tertiary/aromatic N) is 5. The first-order valence-corrected chi connectivity index (χ1v) is 6.83. The predicted molar refractivity (Wildman–Crippen MR) is 81.2 cm³/mol. The summed E-state index contributed by atoms with van der Waals surface area (Å²) in [4.78, 5) is 25.8. The number of anilines is 1. The van der Waals surface area contributed by atoms with Crippen LogP contribution >= 0.6 is 0 Å². The van der Waals surface area contributed by atoms with Crippen LogP contribution in [0, 0.1) is 11.6 Å². The Morgan fingerprint density at radius 1 is 1.00 bits per heavy atom. The Bertz CT molecular complexity index is 932. The number of carbonyl (C=O) groups is 1. The fourth-order valence-corrected chi connectivity index (χ4v) is 2.10. The maximum Gasteiger partial charge on any atom is 0.377 e. The Morgan fingerprint density at radius 3 is 2.25 bits per heavy atom. The van der Waals surface area contributed by atoms with Crippen LogP contribution in [0.25, 0.3) is 5.69 Å². The lowest BCUT2D eigenvalue weighted by atomic mass is 10.3. The molecule has 3 aromatic rings. The highest BCUT2D eigenvalue weighted by atomic mass is 19.1. The number of halogens is 2. The molecule has 122 valence electrons. The number of carbonyl (C=O) groups excluding carboxylic acids is 1. The number of para-hydroxylation sites is 2. The van der Waals surface area contributed by atoms with Gasteiger partial charge >= 0.3 is 11.7 Å². The summed E-state index contributed by atoms with van der Waals surface area (Å²) in [6.45, 7) is 0. The van der Waals surface area contributed by atoms with Gasteiger partial charge in [0.25, 0.3) is 0 Å². The van der Waals surface area contributed by atoms with Crippen LogP contribution in [-0.4, -0.2) is 32.9 Å². The molecule has 0 spiro atoms. The van der Waals surface area contributed by atoms with E-state index in [0.29, 0.717) is 15.1 Å². The van der Waals surface area contributed by atoms with E-state index in [0.717, 1.165) is 23.1 Å². The second-order valence-electron chi connectivity index (χ2n) is 4.83. The molecule has 0 aliphatic rings. The SMILES string of the molecule is CN(C(=O)n1nnn(-c2c(F)cccc2F)c1=O)c1ccccc1. The van der Waals surface area contributed by atoms with E-state index in [2.05, 4.69) is 10.4 Å². The van der Waals surface area contributed by atoms with Crippen LogP contribution in [0.2, 0.25) is 0 Å². The molecule has 3 rings (SSSR count). The molecule has 7 nitrogen and oxygen atoms in total. The summed E-state index contributed by atoms with van der Waals surface area (Å²) in [5.74, 6) is -1.99. The van der Waals surface area contributed by atoms with Gasteiger partial charge in [0.15, 0.2) is 11.6 Å². The zero-order valence-corrected chi connectivity index (χ0v) is 12.4. The quantitative estimate of drug-likeness (QED) is 0.671. The van der Waals surface area contributed by atoms with Gasteiger partial charge in [-0.15, -0.1) is 4.68 Å². The van der Waals surface area contributed by atoms with Crippen LogP contribution in [-0.2, 0) is 0 Å². The van der Waals surface area contributed by atoms with E-state index >= 15 is 0 Å². The maximum absolute atomic E-state index is 13.8. The highest BCUT2D eigenvalue weighted by Gasteiger charge is 2.22. The summed E-state index contributed by atoms with van der Waals surface area (Å²) in [6.07, 6.45) is 0. The van der Waals surface area contributed by atoms with E-state index in [1.165, 1.54) is 7.05 Å². The second kappa shape index (κ2) is 6.03. The lowest BCUT2D eigenvalue weighted by Gasteiger charge is -2.15. The number of tetrazole rings is 1. The van der Waals surface area contributed by atoms with Gasteiger partial charge in [0.1, 0.15) is 5.69 Å². The molecular formula is C15H11F2N5O2. The van der Waals surface area contributed by atoms with E-state index in [-0.39, 0.29) is 0 Å². The zero-order valence-electron chi connectivity index (χ0n) is 12.4. The Labute approximate surface area is 134 Å². The molecule has 0 atom stereocenters. The van der Waals surface area contributed by atoms with Crippen LogP contribution < -0.4 is 10.6 Å². The smallest absolute Gasteiger partial charge is 0.295 e. The molecule has 0 fully saturated rings. The van der Waals surface area contributed by atoms with Crippen molar-refractivity contribution < 1.29 is 13.6 Å². The summed E-state index contributed by atoms with van der Waals surface area (Å²) in [6, 6.07) is 10.8. The van der Waals surface area contributed by atoms with E-state index in [9.17, 15) is 18.4 Å². The van der Waals surface area contributed by atoms with Crippen LogP contribution in [0.5, 0.6) is 0 Å². The van der Waals surface area contributed by atoms with Crippen molar-refractivity contribution >= 4 is 11.7 Å². The topological polar surface area (TPSA) is 73.0 Å². The number of rotatable bonds is 2. The third-order valence-electron chi connectivity index (χ3n) is 3.34. The predicted octanol–water partition coefficient (Wildman–Crippen LogP) is 1.81. The molecule has 0 aliphatic carbocycles. The molecule has 0 bridgehead atoms. The largest absolute Gasteiger partial charge is 0.377 e. The van der Waals surface area contributed by atoms with Gasteiger partial charge in [-0.2, -0.15) is 4.68 Å². The fraction of sp³-hybridized carbons (Fsp3) is 0.0667. The average Bonchev–Trinajstić information content (AvgIpc) is 2.96. The Balaban J connectivity index is 2.02. The Kier molecular flexibility index (Phi) is 3.90. The van der Waals surface area contributed by atoms with Crippen molar-refractivity contribution in [3.05, 3.63) is 70.6 Å². The van der Waals surface area contributed by atoms with Crippen molar-refractivity contribution in [3.8, 4) is 5.69 Å². The van der Waals surface area contributed by atoms with Crippen molar-refractivity contribution in [2.24, 2.45) is 0 Å². The number of aromatic nitrogens is 4. The molecule has 0 unspecified atom stereocenters. The van der Waals surface area contributed by atoms with Gasteiger partial charge < -0.3 is 0 Å². The first-order chi connectivity index (χ1) is 11.5. The molecule has 24 heavy (non-hydrogen) atoms. The zero-order chi connectivity index (χ0) is 17.3. The number of hydrogen-bond acceptors (Lipinski definition) is 4. The standard InChI is InChI=1S/C15H11F2N5O2/c1-20(10-6-3-2-4-7-10)14(23)22-15(24)21(18-19-22)13-11(16)8-5-9-12(13)17/h2-9H,1H3. The van der Waals surface area contributed by atoms with Gasteiger partial charge in [0, 0.05) is 12.7 Å². The molecule has 1 aromatic heterocycles. The molecule has 1 heterocycles. The first kappa shape index (κ1) is 15.5. The monoisotopic (exact) mass is 331 g/mol. The summed E-state index contributed by atoms with van der Waals surface area (Å²) in [5.41, 5.74) is -1.25. The molecular weight excluding hydrogens is 320 g/mol. The number of amides is 1. The van der Waals surface area contributed by atoms with Crippen molar-refractivity contribution in [1.29, 1.82) is 0 Å². The van der Waals surface area contributed by atoms with Crippen molar-refractivity contribution in [2.45, 2.75) is 0 Å². The summed E-state index contributed by atoms with van der Waals surface area (Å²) >= 11 is 0. The lowest BCUT2D eigenvalue weighted by Crippen LogP contribution is -2.39. The highest BCUT2D eigenvalue weighted by molar-refractivity contribution is 5.92. The fourth-order valence-electron chi connectivity index (χ4n) is 2.10. The summed E-state index contributed by atoms with van der Waals surface area (Å²) < 4.78 is 28.4. The molecule has 2 aromatic carbocycles. The van der Waals surface area contributed by atoms with E-state index in [4.69, 9.17) is 0 Å². The molecule has 0 saturated carbocycles. The molecule has 9 heteroatoms. The average molecular weight is 331 g/mol. The minimum absolute atomic E-state index is 0.404. The Hall–Kier alpha value is -3.36. The second-order valence-corrected chi connectivity index (χ2v) is 4.83. The number of hydrogen-bond donors (Lipinski definition) is 0. The van der Waals surface area contributed by atoms with Crippen LogP contribution in [0.4, 0.5) is 19.3 Å². The van der Waals surface area contributed by atoms with Crippen LogP contribution in [0.15, 0.2) is 53.3 Å². The first-order valence-electron chi connectivity index (χ1n) is 6.83. The van der Waals surface area contributed by atoms with Gasteiger partial charge in [-0.05, 0) is 34.7 Å². The van der Waals surface area contributed by atoms with Gasteiger partial charge in [-0.25, -0.2) is 18.4 Å². The van der Waals surface area contributed by atoms with Gasteiger partial charge in [-0.1, -0.05) is 24.3 Å². The maximum atomic E-state index is 13.8. The minimum Gasteiger partial charge on any atom is -0.295 e. The van der Waals surface area contributed by atoms with Gasteiger partial charge in [0.2, 0.25) is 0 Å². The van der Waals surface area contributed by atoms with Crippen LogP contribution in [0.3, 0.4) is 0 Å². The molecule has 0 radical (unpaired) electrons. The van der Waals surface area contributed by atoms with Crippen molar-refractivity contribution in [3.63, 3.8) is 0 Å². The van der Waals surface area contributed by atoms with Gasteiger partial charge in [0.05, 0.1) is 0 Å². The van der Waals surface area contributed by atoms with Crippen molar-refractivity contribution in [1.82, 2.24) is 19.8 Å². The minimum atomic E-state index is -1.08. The molecule has 0 N–H and O–H groups in total. The highest BCUT2D eigenvalue weighted by Crippen LogP contribution is 2.15. The van der Waals surface area contributed by atoms with Crippen molar-refractivity contribution in [2.75, 3.05) is 11.9 Å². The van der Waals surface area contributed by atoms with Gasteiger partial charge in [-0.3, -0.25) is 4.90 Å². The normalized spacial score (nSPS) is 10.6. The summed E-state index contributed by atoms with van der Waals surface area (Å²) in [5, 5.41) is 6.81. The number of benzene rings is 2. The Morgan fingerprint density at radius 2 is 1.62 bits per heavy atom.